The summed E-state index contributed by atoms with van der Waals surface area (Å²) in [5.74, 6) is -1.33. The molecule has 0 aromatic heterocycles. The van der Waals surface area contributed by atoms with Gasteiger partial charge in [-0.3, -0.25) is 0 Å². The Kier molecular flexibility index (Phi) is 13.0. The lowest BCUT2D eigenvalue weighted by atomic mass is 9.99. The van der Waals surface area contributed by atoms with Crippen LogP contribution >= 0.6 is 0 Å². The molecule has 2 heteroatoms. The van der Waals surface area contributed by atoms with Crippen LogP contribution in [0.4, 0.5) is 8.78 Å². The zero-order valence-corrected chi connectivity index (χ0v) is 20.3. The minimum atomic E-state index is -0.711. The van der Waals surface area contributed by atoms with Crippen molar-refractivity contribution in [1.82, 2.24) is 0 Å². The van der Waals surface area contributed by atoms with Crippen molar-refractivity contribution in [2.24, 2.45) is 0 Å². The fourth-order valence-electron chi connectivity index (χ4n) is 4.11. The second-order valence-corrected chi connectivity index (χ2v) is 9.03. The Bertz CT molecular complexity index is 771. The summed E-state index contributed by atoms with van der Waals surface area (Å²) in [4.78, 5) is 0. The molecular weight excluding hydrogens is 398 g/mol. The van der Waals surface area contributed by atoms with Gasteiger partial charge in [-0.25, -0.2) is 8.78 Å². The van der Waals surface area contributed by atoms with Gasteiger partial charge in [0.05, 0.1) is 0 Å². The van der Waals surface area contributed by atoms with Crippen LogP contribution in [-0.2, 0) is 6.42 Å². The van der Waals surface area contributed by atoms with Crippen LogP contribution in [0.2, 0.25) is 0 Å². The van der Waals surface area contributed by atoms with Crippen LogP contribution in [0.5, 0.6) is 0 Å². The average molecular weight is 441 g/mol. The number of hydrogen-bond acceptors (Lipinski definition) is 0. The van der Waals surface area contributed by atoms with Crippen molar-refractivity contribution in [3.63, 3.8) is 0 Å². The zero-order valence-electron chi connectivity index (χ0n) is 20.3. The predicted molar refractivity (Wildman–Crippen MR) is 136 cm³/mol. The average Bonchev–Trinajstić information content (AvgIpc) is 2.83. The van der Waals surface area contributed by atoms with Gasteiger partial charge in [-0.1, -0.05) is 127 Å². The molecule has 2 aromatic carbocycles. The Morgan fingerprint density at radius 1 is 0.562 bits per heavy atom. The molecule has 0 aliphatic heterocycles. The molecule has 176 valence electrons. The highest BCUT2D eigenvalue weighted by Crippen LogP contribution is 2.28. The summed E-state index contributed by atoms with van der Waals surface area (Å²) in [5.41, 5.74) is 3.84. The van der Waals surface area contributed by atoms with E-state index in [2.05, 4.69) is 38.1 Å². The monoisotopic (exact) mass is 440 g/mol. The summed E-state index contributed by atoms with van der Waals surface area (Å²) >= 11 is 0. The first-order chi connectivity index (χ1) is 15.7. The van der Waals surface area contributed by atoms with Gasteiger partial charge in [-0.2, -0.15) is 0 Å². The Labute approximate surface area is 195 Å². The first-order valence-corrected chi connectivity index (χ1v) is 12.9. The highest BCUT2D eigenvalue weighted by Gasteiger charge is 2.09. The van der Waals surface area contributed by atoms with E-state index >= 15 is 0 Å². The van der Waals surface area contributed by atoms with E-state index in [4.69, 9.17) is 0 Å². The molecule has 0 nitrogen and oxygen atoms in total. The Morgan fingerprint density at radius 2 is 1.03 bits per heavy atom. The van der Waals surface area contributed by atoms with Gasteiger partial charge in [-0.05, 0) is 36.0 Å². The van der Waals surface area contributed by atoms with Crippen molar-refractivity contribution in [3.8, 4) is 11.1 Å². The standard InChI is InChI=1S/C30H42F2/c1-3-5-7-9-10-12-13-15-25-17-19-26(20-18-25)27-21-23-28(24-22-27)30(32)29(31)16-14-11-8-6-4-2/h17-24H,3-16H2,1-2H3/b30-29-. The highest BCUT2D eigenvalue weighted by molar-refractivity contribution is 5.68. The highest BCUT2D eigenvalue weighted by atomic mass is 19.2. The number of benzene rings is 2. The maximum absolute atomic E-state index is 14.4. The third-order valence-corrected chi connectivity index (χ3v) is 6.23. The van der Waals surface area contributed by atoms with Gasteiger partial charge in [-0.15, -0.1) is 0 Å². The third-order valence-electron chi connectivity index (χ3n) is 6.23. The Morgan fingerprint density at radius 3 is 1.59 bits per heavy atom. The van der Waals surface area contributed by atoms with Crippen molar-refractivity contribution in [2.45, 2.75) is 104 Å². The SMILES string of the molecule is CCCCCCCCCc1ccc(-c2ccc(/C(F)=C(/F)CCCCCCC)cc2)cc1. The second kappa shape index (κ2) is 15.8. The van der Waals surface area contributed by atoms with Crippen LogP contribution < -0.4 is 0 Å². The van der Waals surface area contributed by atoms with Gasteiger partial charge < -0.3 is 0 Å². The maximum atomic E-state index is 14.4. The summed E-state index contributed by atoms with van der Waals surface area (Å²) in [6, 6.07) is 15.8. The fraction of sp³-hybridized carbons (Fsp3) is 0.533. The largest absolute Gasteiger partial charge is 0.209 e. The van der Waals surface area contributed by atoms with E-state index in [0.29, 0.717) is 12.0 Å². The van der Waals surface area contributed by atoms with Gasteiger partial charge >= 0.3 is 0 Å². The number of allylic oxidation sites excluding steroid dienone is 1. The molecule has 0 fully saturated rings. The number of rotatable bonds is 16. The maximum Gasteiger partial charge on any atom is 0.161 e. The number of hydrogen-bond donors (Lipinski definition) is 0. The van der Waals surface area contributed by atoms with Gasteiger partial charge in [0, 0.05) is 12.0 Å². The Hall–Kier alpha value is -1.96. The van der Waals surface area contributed by atoms with Crippen LogP contribution in [0, 0.1) is 0 Å². The number of aryl methyl sites for hydroxylation is 1. The molecule has 0 saturated heterocycles. The topological polar surface area (TPSA) is 0 Å². The molecule has 0 aliphatic carbocycles. The molecule has 0 saturated carbocycles. The Balaban J connectivity index is 1.82. The molecule has 0 bridgehead atoms. The quantitative estimate of drug-likeness (QED) is 0.228. The van der Waals surface area contributed by atoms with Crippen LogP contribution in [0.1, 0.15) is 108 Å². The summed E-state index contributed by atoms with van der Waals surface area (Å²) in [6.07, 6.45) is 15.7. The van der Waals surface area contributed by atoms with E-state index in [1.807, 2.05) is 12.1 Å². The molecule has 0 aliphatic rings. The summed E-state index contributed by atoms with van der Waals surface area (Å²) in [7, 11) is 0. The lowest BCUT2D eigenvalue weighted by Gasteiger charge is -2.07. The molecule has 0 amide bonds. The van der Waals surface area contributed by atoms with Gasteiger partial charge in [0.25, 0.3) is 0 Å². The van der Waals surface area contributed by atoms with Crippen LogP contribution in [0.3, 0.4) is 0 Å². The van der Waals surface area contributed by atoms with E-state index < -0.39 is 11.7 Å². The molecular formula is C30H42F2. The fourth-order valence-corrected chi connectivity index (χ4v) is 4.11. The van der Waals surface area contributed by atoms with Crippen molar-refractivity contribution in [2.75, 3.05) is 0 Å². The molecule has 2 aromatic rings. The summed E-state index contributed by atoms with van der Waals surface area (Å²) < 4.78 is 28.6. The molecule has 0 radical (unpaired) electrons. The smallest absolute Gasteiger partial charge is 0.161 e. The lowest BCUT2D eigenvalue weighted by molar-refractivity contribution is 0.531. The molecule has 0 heterocycles. The van der Waals surface area contributed by atoms with Crippen LogP contribution in [0.25, 0.3) is 17.0 Å². The molecule has 0 unspecified atom stereocenters. The molecule has 0 atom stereocenters. The minimum absolute atomic E-state index is 0.192. The van der Waals surface area contributed by atoms with Gasteiger partial charge in [0.15, 0.2) is 5.83 Å². The van der Waals surface area contributed by atoms with Crippen molar-refractivity contribution < 1.29 is 8.78 Å². The molecule has 0 N–H and O–H groups in total. The summed E-state index contributed by atoms with van der Waals surface area (Å²) in [6.45, 7) is 4.40. The van der Waals surface area contributed by atoms with E-state index in [-0.39, 0.29) is 6.42 Å². The van der Waals surface area contributed by atoms with E-state index in [1.165, 1.54) is 50.5 Å². The minimum Gasteiger partial charge on any atom is -0.209 e. The third kappa shape index (κ3) is 9.67. The van der Waals surface area contributed by atoms with Crippen molar-refractivity contribution >= 4 is 5.83 Å². The number of halogens is 2. The van der Waals surface area contributed by atoms with E-state index in [1.54, 1.807) is 12.1 Å². The second-order valence-electron chi connectivity index (χ2n) is 9.03. The predicted octanol–water partition coefficient (Wildman–Crippen LogP) is 10.6. The molecule has 2 rings (SSSR count). The van der Waals surface area contributed by atoms with Gasteiger partial charge in [0.2, 0.25) is 0 Å². The van der Waals surface area contributed by atoms with E-state index in [9.17, 15) is 8.78 Å². The van der Waals surface area contributed by atoms with Crippen LogP contribution in [-0.4, -0.2) is 0 Å². The lowest BCUT2D eigenvalue weighted by Crippen LogP contribution is -1.88. The summed E-state index contributed by atoms with van der Waals surface area (Å²) in [5, 5.41) is 0. The van der Waals surface area contributed by atoms with Crippen molar-refractivity contribution in [1.29, 1.82) is 0 Å². The van der Waals surface area contributed by atoms with E-state index in [0.717, 1.165) is 43.2 Å². The van der Waals surface area contributed by atoms with Gasteiger partial charge in [0.1, 0.15) is 5.83 Å². The first-order valence-electron chi connectivity index (χ1n) is 12.9. The van der Waals surface area contributed by atoms with Crippen LogP contribution in [0.15, 0.2) is 54.4 Å². The zero-order chi connectivity index (χ0) is 23.0. The first kappa shape index (κ1) is 26.3. The molecule has 0 spiro atoms. The molecule has 32 heavy (non-hydrogen) atoms. The number of unbranched alkanes of at least 4 members (excludes halogenated alkanes) is 10. The normalized spacial score (nSPS) is 12.1. The van der Waals surface area contributed by atoms with Crippen molar-refractivity contribution in [3.05, 3.63) is 65.5 Å².